The third-order valence-electron chi connectivity index (χ3n) is 3.59. The van der Waals surface area contributed by atoms with Crippen molar-refractivity contribution in [3.05, 3.63) is 30.1 Å². The third kappa shape index (κ3) is 4.35. The highest BCUT2D eigenvalue weighted by Gasteiger charge is 2.35. The molecule has 0 unspecified atom stereocenters. The molecule has 8 nitrogen and oxygen atoms in total. The number of carbonyl (C=O) groups excluding carboxylic acids is 2. The number of amides is 2. The Morgan fingerprint density at radius 3 is 2.77 bits per heavy atom. The van der Waals surface area contributed by atoms with Crippen molar-refractivity contribution < 1.29 is 23.9 Å². The Balaban J connectivity index is 1.59. The standard InChI is InChI=1S/C15H13FN4O4S2/c16-9-1-3-10(4-2-9)20-6-8(5-11(20)21)13(24)17-14-18-19-15(26-14)25-7-12(22)23/h1-4,8H,5-7H2,(H,22,23)(H,17,18,24)/t8-/m1/s1. The summed E-state index contributed by atoms with van der Waals surface area (Å²) in [7, 11) is 0. The van der Waals surface area contributed by atoms with Gasteiger partial charge in [0.05, 0.1) is 11.7 Å². The Morgan fingerprint density at radius 2 is 2.08 bits per heavy atom. The number of aromatic nitrogens is 2. The van der Waals surface area contributed by atoms with Crippen molar-refractivity contribution in [3.8, 4) is 0 Å². The van der Waals surface area contributed by atoms with Gasteiger partial charge in [0.1, 0.15) is 5.82 Å². The zero-order valence-electron chi connectivity index (χ0n) is 13.2. The minimum atomic E-state index is -0.971. The quantitative estimate of drug-likeness (QED) is 0.566. The summed E-state index contributed by atoms with van der Waals surface area (Å²) in [6.45, 7) is 0.190. The summed E-state index contributed by atoms with van der Waals surface area (Å²) in [6, 6.07) is 5.50. The van der Waals surface area contributed by atoms with Crippen molar-refractivity contribution in [2.24, 2.45) is 5.92 Å². The zero-order valence-corrected chi connectivity index (χ0v) is 14.8. The van der Waals surface area contributed by atoms with Crippen LogP contribution in [-0.4, -0.2) is 45.4 Å². The molecule has 2 amide bonds. The van der Waals surface area contributed by atoms with Gasteiger partial charge in [-0.05, 0) is 24.3 Å². The fraction of sp³-hybridized carbons (Fsp3) is 0.267. The number of thioether (sulfide) groups is 1. The van der Waals surface area contributed by atoms with E-state index in [0.717, 1.165) is 23.1 Å². The van der Waals surface area contributed by atoms with Gasteiger partial charge in [-0.15, -0.1) is 10.2 Å². The van der Waals surface area contributed by atoms with E-state index in [1.807, 2.05) is 0 Å². The molecule has 2 aromatic rings. The predicted molar refractivity (Wildman–Crippen MR) is 93.8 cm³/mol. The fourth-order valence-electron chi connectivity index (χ4n) is 2.40. The maximum absolute atomic E-state index is 13.0. The molecule has 1 aliphatic heterocycles. The molecule has 2 heterocycles. The molecule has 136 valence electrons. The topological polar surface area (TPSA) is 112 Å². The number of aliphatic carboxylic acids is 1. The van der Waals surface area contributed by atoms with Gasteiger partial charge < -0.3 is 15.3 Å². The van der Waals surface area contributed by atoms with Crippen LogP contribution >= 0.6 is 23.1 Å². The van der Waals surface area contributed by atoms with Gasteiger partial charge in [-0.25, -0.2) is 4.39 Å². The summed E-state index contributed by atoms with van der Waals surface area (Å²) < 4.78 is 13.4. The summed E-state index contributed by atoms with van der Waals surface area (Å²) in [5.74, 6) is -2.66. The number of carbonyl (C=O) groups is 3. The Morgan fingerprint density at radius 1 is 1.35 bits per heavy atom. The number of halogens is 1. The normalized spacial score (nSPS) is 16.7. The molecule has 0 radical (unpaired) electrons. The van der Waals surface area contributed by atoms with E-state index >= 15 is 0 Å². The molecule has 26 heavy (non-hydrogen) atoms. The number of carboxylic acid groups (broad SMARTS) is 1. The van der Waals surface area contributed by atoms with Crippen LogP contribution in [-0.2, 0) is 14.4 Å². The van der Waals surface area contributed by atoms with E-state index in [0.29, 0.717) is 10.0 Å². The van der Waals surface area contributed by atoms with E-state index in [9.17, 15) is 18.8 Å². The lowest BCUT2D eigenvalue weighted by molar-refractivity contribution is -0.134. The van der Waals surface area contributed by atoms with Crippen LogP contribution in [0.1, 0.15) is 6.42 Å². The summed E-state index contributed by atoms with van der Waals surface area (Å²) >= 11 is 2.08. The zero-order chi connectivity index (χ0) is 18.7. The first kappa shape index (κ1) is 18.3. The smallest absolute Gasteiger partial charge is 0.313 e. The number of nitrogens with zero attached hydrogens (tertiary/aromatic N) is 3. The van der Waals surface area contributed by atoms with Gasteiger partial charge in [-0.1, -0.05) is 23.1 Å². The van der Waals surface area contributed by atoms with Gasteiger partial charge in [0.15, 0.2) is 4.34 Å². The number of carboxylic acids is 1. The lowest BCUT2D eigenvalue weighted by Crippen LogP contribution is -2.28. The van der Waals surface area contributed by atoms with Crippen molar-refractivity contribution in [2.75, 3.05) is 22.5 Å². The molecular weight excluding hydrogens is 383 g/mol. The Kier molecular flexibility index (Phi) is 5.47. The molecule has 0 bridgehead atoms. The maximum atomic E-state index is 13.0. The second kappa shape index (κ2) is 7.79. The molecule has 1 saturated heterocycles. The van der Waals surface area contributed by atoms with Gasteiger partial charge in [0.25, 0.3) is 0 Å². The highest BCUT2D eigenvalue weighted by molar-refractivity contribution is 8.01. The van der Waals surface area contributed by atoms with Gasteiger partial charge in [0, 0.05) is 18.7 Å². The highest BCUT2D eigenvalue weighted by Crippen LogP contribution is 2.28. The molecule has 1 aromatic carbocycles. The van der Waals surface area contributed by atoms with E-state index in [2.05, 4.69) is 15.5 Å². The number of benzene rings is 1. The average Bonchev–Trinajstić information content (AvgIpc) is 3.20. The minimum Gasteiger partial charge on any atom is -0.481 e. The summed E-state index contributed by atoms with van der Waals surface area (Å²) in [4.78, 5) is 36.5. The number of hydrogen-bond donors (Lipinski definition) is 2. The molecule has 1 fully saturated rings. The second-order valence-corrected chi connectivity index (χ2v) is 7.63. The van der Waals surface area contributed by atoms with Crippen LogP contribution in [0, 0.1) is 11.7 Å². The van der Waals surface area contributed by atoms with Crippen LogP contribution in [0.4, 0.5) is 15.2 Å². The van der Waals surface area contributed by atoms with Gasteiger partial charge >= 0.3 is 5.97 Å². The first-order valence-corrected chi connectivity index (χ1v) is 9.27. The van der Waals surface area contributed by atoms with Crippen molar-refractivity contribution >= 4 is 51.7 Å². The Hall–Kier alpha value is -2.53. The SMILES string of the molecule is O=C(O)CSc1nnc(NC(=O)[C@@H]2CC(=O)N(c3ccc(F)cc3)C2)s1. The molecule has 2 N–H and O–H groups in total. The van der Waals surface area contributed by atoms with E-state index in [1.54, 1.807) is 0 Å². The largest absolute Gasteiger partial charge is 0.481 e. The monoisotopic (exact) mass is 396 g/mol. The first-order chi connectivity index (χ1) is 12.4. The summed E-state index contributed by atoms with van der Waals surface area (Å²) in [5, 5.41) is 19.1. The van der Waals surface area contributed by atoms with Gasteiger partial charge in [-0.3, -0.25) is 14.4 Å². The second-order valence-electron chi connectivity index (χ2n) is 5.43. The number of anilines is 2. The number of rotatable bonds is 6. The third-order valence-corrected chi connectivity index (χ3v) is 5.55. The van der Waals surface area contributed by atoms with E-state index in [4.69, 9.17) is 5.11 Å². The Bertz CT molecular complexity index is 842. The molecule has 0 saturated carbocycles. The van der Waals surface area contributed by atoms with Crippen LogP contribution in [0.3, 0.4) is 0 Å². The molecule has 1 aliphatic rings. The molecule has 0 aliphatic carbocycles. The lowest BCUT2D eigenvalue weighted by Gasteiger charge is -2.16. The molecule has 3 rings (SSSR count). The van der Waals surface area contributed by atoms with Crippen molar-refractivity contribution in [1.82, 2.24) is 10.2 Å². The molecule has 1 atom stereocenters. The predicted octanol–water partition coefficient (Wildman–Crippen LogP) is 1.85. The van der Waals surface area contributed by atoms with Crippen LogP contribution in [0.15, 0.2) is 28.6 Å². The summed E-state index contributed by atoms with van der Waals surface area (Å²) in [6.07, 6.45) is 0.0443. The molecular formula is C15H13FN4O4S2. The average molecular weight is 396 g/mol. The van der Waals surface area contributed by atoms with Crippen molar-refractivity contribution in [2.45, 2.75) is 10.8 Å². The van der Waals surface area contributed by atoms with Crippen molar-refractivity contribution in [1.29, 1.82) is 0 Å². The van der Waals surface area contributed by atoms with E-state index in [1.165, 1.54) is 29.2 Å². The summed E-state index contributed by atoms with van der Waals surface area (Å²) in [5.41, 5.74) is 0.537. The lowest BCUT2D eigenvalue weighted by atomic mass is 10.1. The number of nitrogens with one attached hydrogen (secondary N) is 1. The first-order valence-electron chi connectivity index (χ1n) is 7.47. The highest BCUT2D eigenvalue weighted by atomic mass is 32.2. The Labute approximate surface area is 155 Å². The van der Waals surface area contributed by atoms with E-state index in [-0.39, 0.29) is 35.7 Å². The van der Waals surface area contributed by atoms with Gasteiger partial charge in [-0.2, -0.15) is 0 Å². The minimum absolute atomic E-state index is 0.0443. The molecule has 0 spiro atoms. The van der Waals surface area contributed by atoms with Crippen LogP contribution in [0.5, 0.6) is 0 Å². The molecule has 1 aromatic heterocycles. The van der Waals surface area contributed by atoms with Crippen LogP contribution < -0.4 is 10.2 Å². The molecule has 11 heteroatoms. The van der Waals surface area contributed by atoms with Crippen LogP contribution in [0.2, 0.25) is 0 Å². The maximum Gasteiger partial charge on any atom is 0.313 e. The van der Waals surface area contributed by atoms with Crippen molar-refractivity contribution in [3.63, 3.8) is 0 Å². The van der Waals surface area contributed by atoms with E-state index < -0.39 is 17.7 Å². The fourth-order valence-corrected chi connectivity index (χ4v) is 3.88. The van der Waals surface area contributed by atoms with Gasteiger partial charge in [0.2, 0.25) is 16.9 Å². The van der Waals surface area contributed by atoms with Crippen LogP contribution in [0.25, 0.3) is 0 Å². The number of hydrogen-bond acceptors (Lipinski definition) is 7.